The zero-order valence-corrected chi connectivity index (χ0v) is 15.7. The van der Waals surface area contributed by atoms with E-state index in [9.17, 15) is 4.79 Å². The number of ether oxygens (including phenoxy) is 2. The Balaban J connectivity index is 1.73. The van der Waals surface area contributed by atoms with Gasteiger partial charge in [-0.25, -0.2) is 0 Å². The molecule has 1 aromatic heterocycles. The van der Waals surface area contributed by atoms with Gasteiger partial charge in [0.1, 0.15) is 11.4 Å². The Labute approximate surface area is 153 Å². The van der Waals surface area contributed by atoms with Crippen molar-refractivity contribution in [3.05, 3.63) is 59.8 Å². The summed E-state index contributed by atoms with van der Waals surface area (Å²) in [6, 6.07) is 13.8. The van der Waals surface area contributed by atoms with Gasteiger partial charge in [0.15, 0.2) is 0 Å². The molecule has 1 heterocycles. The van der Waals surface area contributed by atoms with Crippen molar-refractivity contribution in [1.82, 2.24) is 9.78 Å². The number of carbonyl (C=O) groups is 1. The van der Waals surface area contributed by atoms with Crippen LogP contribution in [0.15, 0.2) is 48.7 Å². The Morgan fingerprint density at radius 1 is 1.08 bits per heavy atom. The van der Waals surface area contributed by atoms with Gasteiger partial charge in [-0.3, -0.25) is 9.48 Å². The van der Waals surface area contributed by atoms with Crippen molar-refractivity contribution < 1.29 is 14.3 Å². The second-order valence-electron chi connectivity index (χ2n) is 7.33. The fourth-order valence-corrected chi connectivity index (χ4v) is 2.78. The molecule has 0 saturated carbocycles. The minimum Gasteiger partial charge on any atom is -0.497 e. The van der Waals surface area contributed by atoms with E-state index in [1.54, 1.807) is 7.11 Å². The van der Waals surface area contributed by atoms with Crippen LogP contribution in [0.2, 0.25) is 0 Å². The maximum atomic E-state index is 12.0. The minimum absolute atomic E-state index is 0.220. The maximum absolute atomic E-state index is 12.0. The number of fused-ring (bicyclic) bond motifs is 1. The highest BCUT2D eigenvalue weighted by atomic mass is 16.6. The normalized spacial score (nSPS) is 11.5. The largest absolute Gasteiger partial charge is 0.497 e. The number of rotatable bonds is 5. The van der Waals surface area contributed by atoms with Gasteiger partial charge in [0.2, 0.25) is 0 Å². The van der Waals surface area contributed by atoms with E-state index in [-0.39, 0.29) is 12.4 Å². The molecule has 136 valence electrons. The predicted octanol–water partition coefficient (Wildman–Crippen LogP) is 3.98. The van der Waals surface area contributed by atoms with Crippen LogP contribution in [0.3, 0.4) is 0 Å². The zero-order valence-electron chi connectivity index (χ0n) is 15.7. The summed E-state index contributed by atoms with van der Waals surface area (Å²) in [7, 11) is 1.66. The molecule has 0 aliphatic rings. The number of hydrogen-bond acceptors (Lipinski definition) is 4. The highest BCUT2D eigenvalue weighted by Crippen LogP contribution is 2.18. The summed E-state index contributed by atoms with van der Waals surface area (Å²) in [5.74, 6) is 0.619. The van der Waals surface area contributed by atoms with E-state index in [1.807, 2.05) is 74.1 Å². The van der Waals surface area contributed by atoms with Gasteiger partial charge in [-0.2, -0.15) is 5.10 Å². The van der Waals surface area contributed by atoms with Gasteiger partial charge >= 0.3 is 5.97 Å². The van der Waals surface area contributed by atoms with E-state index in [2.05, 4.69) is 5.10 Å². The van der Waals surface area contributed by atoms with Crippen molar-refractivity contribution in [2.45, 2.75) is 39.3 Å². The standard InChI is InChI=1S/C21H24N2O3/c1-21(2,3)26-20(24)12-16-7-10-19-17(11-16)14-23(22-19)13-15-5-8-18(25-4)9-6-15/h5-11,14H,12-13H2,1-4H3. The first-order valence-corrected chi connectivity index (χ1v) is 8.63. The van der Waals surface area contributed by atoms with Gasteiger partial charge in [0.05, 0.1) is 25.6 Å². The molecule has 2 aromatic carbocycles. The van der Waals surface area contributed by atoms with Crippen LogP contribution in [0, 0.1) is 0 Å². The van der Waals surface area contributed by atoms with Crippen LogP contribution in [-0.2, 0) is 22.5 Å². The predicted molar refractivity (Wildman–Crippen MR) is 101 cm³/mol. The maximum Gasteiger partial charge on any atom is 0.310 e. The third-order valence-electron chi connectivity index (χ3n) is 3.89. The quantitative estimate of drug-likeness (QED) is 0.652. The first kappa shape index (κ1) is 18.0. The third-order valence-corrected chi connectivity index (χ3v) is 3.89. The number of aromatic nitrogens is 2. The Bertz CT molecular complexity index is 905. The third kappa shape index (κ3) is 4.63. The molecule has 3 aromatic rings. The lowest BCUT2D eigenvalue weighted by molar-refractivity contribution is -0.153. The van der Waals surface area contributed by atoms with Gasteiger partial charge in [0, 0.05) is 11.6 Å². The molecule has 0 spiro atoms. The lowest BCUT2D eigenvalue weighted by Crippen LogP contribution is -2.24. The first-order chi connectivity index (χ1) is 12.3. The monoisotopic (exact) mass is 352 g/mol. The second kappa shape index (κ2) is 7.20. The highest BCUT2D eigenvalue weighted by Gasteiger charge is 2.16. The molecule has 26 heavy (non-hydrogen) atoms. The van der Waals surface area contributed by atoms with Crippen LogP contribution < -0.4 is 4.74 Å². The number of methoxy groups -OCH3 is 1. The lowest BCUT2D eigenvalue weighted by atomic mass is 10.1. The fourth-order valence-electron chi connectivity index (χ4n) is 2.78. The summed E-state index contributed by atoms with van der Waals surface area (Å²) < 4.78 is 12.5. The van der Waals surface area contributed by atoms with Gasteiger partial charge < -0.3 is 9.47 Å². The SMILES string of the molecule is COc1ccc(Cn2cc3cc(CC(=O)OC(C)(C)C)ccc3n2)cc1. The number of carbonyl (C=O) groups excluding carboxylic acids is 1. The van der Waals surface area contributed by atoms with Crippen LogP contribution in [0.1, 0.15) is 31.9 Å². The molecule has 0 aliphatic heterocycles. The van der Waals surface area contributed by atoms with Gasteiger partial charge in [-0.15, -0.1) is 0 Å². The Morgan fingerprint density at radius 3 is 2.42 bits per heavy atom. The smallest absolute Gasteiger partial charge is 0.310 e. The second-order valence-corrected chi connectivity index (χ2v) is 7.33. The van der Waals surface area contributed by atoms with Crippen molar-refractivity contribution in [2.75, 3.05) is 7.11 Å². The van der Waals surface area contributed by atoms with Crippen LogP contribution in [-0.4, -0.2) is 28.5 Å². The molecular formula is C21H24N2O3. The topological polar surface area (TPSA) is 53.4 Å². The Morgan fingerprint density at radius 2 is 1.77 bits per heavy atom. The summed E-state index contributed by atoms with van der Waals surface area (Å²) in [6.45, 7) is 6.30. The van der Waals surface area contributed by atoms with E-state index in [0.717, 1.165) is 27.8 Å². The van der Waals surface area contributed by atoms with E-state index < -0.39 is 5.60 Å². The summed E-state index contributed by atoms with van der Waals surface area (Å²) in [4.78, 5) is 12.0. The molecule has 0 amide bonds. The van der Waals surface area contributed by atoms with Crippen molar-refractivity contribution in [1.29, 1.82) is 0 Å². The number of benzene rings is 2. The van der Waals surface area contributed by atoms with Crippen LogP contribution in [0.5, 0.6) is 5.75 Å². The molecule has 0 atom stereocenters. The van der Waals surface area contributed by atoms with Gasteiger partial charge in [-0.05, 0) is 56.2 Å². The van der Waals surface area contributed by atoms with Crippen LogP contribution in [0.4, 0.5) is 0 Å². The fraction of sp³-hybridized carbons (Fsp3) is 0.333. The van der Waals surface area contributed by atoms with Crippen molar-refractivity contribution in [3.8, 4) is 5.75 Å². The molecule has 0 fully saturated rings. The van der Waals surface area contributed by atoms with E-state index in [1.165, 1.54) is 0 Å². The molecule has 0 bridgehead atoms. The molecule has 0 N–H and O–H groups in total. The van der Waals surface area contributed by atoms with Crippen molar-refractivity contribution in [3.63, 3.8) is 0 Å². The molecule has 5 nitrogen and oxygen atoms in total. The van der Waals surface area contributed by atoms with E-state index in [4.69, 9.17) is 9.47 Å². The summed E-state index contributed by atoms with van der Waals surface area (Å²) in [5, 5.41) is 5.61. The number of esters is 1. The average molecular weight is 352 g/mol. The zero-order chi connectivity index (χ0) is 18.7. The summed E-state index contributed by atoms with van der Waals surface area (Å²) in [6.07, 6.45) is 2.26. The van der Waals surface area contributed by atoms with Gasteiger partial charge in [-0.1, -0.05) is 18.2 Å². The minimum atomic E-state index is -0.468. The highest BCUT2D eigenvalue weighted by molar-refractivity contribution is 5.81. The molecule has 0 unspecified atom stereocenters. The lowest BCUT2D eigenvalue weighted by Gasteiger charge is -2.19. The molecule has 0 aliphatic carbocycles. The molecule has 3 rings (SSSR count). The van der Waals surface area contributed by atoms with E-state index >= 15 is 0 Å². The Hall–Kier alpha value is -2.82. The molecule has 0 radical (unpaired) electrons. The number of nitrogens with zero attached hydrogens (tertiary/aromatic N) is 2. The van der Waals surface area contributed by atoms with Crippen LogP contribution >= 0.6 is 0 Å². The number of hydrogen-bond donors (Lipinski definition) is 0. The van der Waals surface area contributed by atoms with Crippen molar-refractivity contribution >= 4 is 16.9 Å². The summed E-state index contributed by atoms with van der Waals surface area (Å²) in [5.41, 5.74) is 2.51. The van der Waals surface area contributed by atoms with Gasteiger partial charge in [0.25, 0.3) is 0 Å². The summed E-state index contributed by atoms with van der Waals surface area (Å²) >= 11 is 0. The molecule has 0 saturated heterocycles. The average Bonchev–Trinajstić information content (AvgIpc) is 2.95. The molecular weight excluding hydrogens is 328 g/mol. The van der Waals surface area contributed by atoms with Crippen molar-refractivity contribution in [2.24, 2.45) is 0 Å². The van der Waals surface area contributed by atoms with E-state index in [0.29, 0.717) is 6.54 Å². The molecule has 5 heteroatoms. The first-order valence-electron chi connectivity index (χ1n) is 8.63. The Kier molecular flexibility index (Phi) is 4.98. The van der Waals surface area contributed by atoms with Crippen LogP contribution in [0.25, 0.3) is 10.9 Å².